The number of carbonyl (C=O) groups is 1. The van der Waals surface area contributed by atoms with Gasteiger partial charge >= 0.3 is 5.97 Å². The van der Waals surface area contributed by atoms with E-state index in [1.54, 1.807) is 23.5 Å². The minimum absolute atomic E-state index is 0.327. The van der Waals surface area contributed by atoms with Crippen LogP contribution < -0.4 is 4.90 Å². The lowest BCUT2D eigenvalue weighted by Gasteiger charge is -2.34. The van der Waals surface area contributed by atoms with Crippen LogP contribution in [0.15, 0.2) is 48.5 Å². The SMILES string of the molecule is Cc1nc(-c2ccc(Cl)cc2)sc1COCC1CCCN(c2cccc(C(=O)O)c2)C1. The summed E-state index contributed by atoms with van der Waals surface area (Å²) in [6.45, 7) is 5.08. The van der Waals surface area contributed by atoms with Crippen LogP contribution in [0.4, 0.5) is 5.69 Å². The maximum absolute atomic E-state index is 11.3. The number of halogens is 1. The first-order valence-electron chi connectivity index (χ1n) is 10.4. The van der Waals surface area contributed by atoms with E-state index in [2.05, 4.69) is 9.88 Å². The van der Waals surface area contributed by atoms with Crippen molar-refractivity contribution >= 4 is 34.6 Å². The molecule has 1 aliphatic rings. The van der Waals surface area contributed by atoms with Gasteiger partial charge in [-0.25, -0.2) is 9.78 Å². The van der Waals surface area contributed by atoms with Crippen molar-refractivity contribution in [3.05, 3.63) is 69.7 Å². The molecule has 1 fully saturated rings. The normalized spacial score (nSPS) is 16.5. The number of anilines is 1. The molecule has 4 rings (SSSR count). The first-order chi connectivity index (χ1) is 15.0. The van der Waals surface area contributed by atoms with Gasteiger partial charge in [0.25, 0.3) is 0 Å². The van der Waals surface area contributed by atoms with Crippen molar-refractivity contribution in [3.63, 3.8) is 0 Å². The summed E-state index contributed by atoms with van der Waals surface area (Å²) < 4.78 is 6.08. The summed E-state index contributed by atoms with van der Waals surface area (Å²) in [5, 5.41) is 10.9. The Morgan fingerprint density at radius 1 is 1.29 bits per heavy atom. The van der Waals surface area contributed by atoms with Crippen LogP contribution in [0.5, 0.6) is 0 Å². The standard InChI is InChI=1S/C24H25ClN2O3S/c1-16-22(31-23(26-16)18-7-9-20(25)10-8-18)15-30-14-17-4-3-11-27(13-17)21-6-2-5-19(12-21)24(28)29/h2,5-10,12,17H,3-4,11,13-15H2,1H3,(H,28,29). The van der Waals surface area contributed by atoms with Crippen LogP contribution in [0.3, 0.4) is 0 Å². The number of ether oxygens (including phenoxy) is 1. The van der Waals surface area contributed by atoms with E-state index < -0.39 is 5.97 Å². The third-order valence-electron chi connectivity index (χ3n) is 5.55. The van der Waals surface area contributed by atoms with Crippen molar-refractivity contribution in [1.82, 2.24) is 4.98 Å². The van der Waals surface area contributed by atoms with Gasteiger partial charge in [-0.2, -0.15) is 0 Å². The number of carboxylic acids is 1. The number of benzene rings is 2. The number of hydrogen-bond donors (Lipinski definition) is 1. The van der Waals surface area contributed by atoms with Gasteiger partial charge in [0.05, 0.1) is 29.3 Å². The van der Waals surface area contributed by atoms with Crippen LogP contribution in [-0.2, 0) is 11.3 Å². The van der Waals surface area contributed by atoms with Crippen molar-refractivity contribution in [3.8, 4) is 10.6 Å². The summed E-state index contributed by atoms with van der Waals surface area (Å²) in [6, 6.07) is 14.9. The Labute approximate surface area is 191 Å². The molecule has 0 bridgehead atoms. The van der Waals surface area contributed by atoms with Crippen molar-refractivity contribution in [2.75, 3.05) is 24.6 Å². The molecule has 162 valence electrons. The topological polar surface area (TPSA) is 62.7 Å². The highest BCUT2D eigenvalue weighted by Gasteiger charge is 2.21. The highest BCUT2D eigenvalue weighted by Crippen LogP contribution is 2.30. The van der Waals surface area contributed by atoms with Crippen molar-refractivity contribution in [1.29, 1.82) is 0 Å². The number of aromatic carboxylic acids is 1. The largest absolute Gasteiger partial charge is 0.478 e. The summed E-state index contributed by atoms with van der Waals surface area (Å²) >= 11 is 7.64. The van der Waals surface area contributed by atoms with E-state index in [1.807, 2.05) is 43.3 Å². The Morgan fingerprint density at radius 2 is 2.10 bits per heavy atom. The molecule has 5 nitrogen and oxygen atoms in total. The zero-order chi connectivity index (χ0) is 21.8. The van der Waals surface area contributed by atoms with E-state index in [-0.39, 0.29) is 0 Å². The van der Waals surface area contributed by atoms with Crippen LogP contribution in [0, 0.1) is 12.8 Å². The average Bonchev–Trinajstić information content (AvgIpc) is 3.15. The Kier molecular flexibility index (Phi) is 6.90. The second-order valence-corrected chi connectivity index (χ2v) is 9.38. The van der Waals surface area contributed by atoms with Gasteiger partial charge in [-0.15, -0.1) is 11.3 Å². The molecule has 1 N–H and O–H groups in total. The molecular formula is C24H25ClN2O3S. The molecule has 3 aromatic rings. The van der Waals surface area contributed by atoms with Crippen molar-refractivity contribution in [2.24, 2.45) is 5.92 Å². The first-order valence-corrected chi connectivity index (χ1v) is 11.6. The zero-order valence-corrected chi connectivity index (χ0v) is 19.0. The van der Waals surface area contributed by atoms with E-state index >= 15 is 0 Å². The molecule has 1 aliphatic heterocycles. The second kappa shape index (κ2) is 9.81. The summed E-state index contributed by atoms with van der Waals surface area (Å²) in [5.41, 5.74) is 3.37. The molecule has 1 atom stereocenters. The number of thiazole rings is 1. The Hall–Kier alpha value is -2.41. The number of hydrogen-bond acceptors (Lipinski definition) is 5. The van der Waals surface area contributed by atoms with E-state index in [0.29, 0.717) is 24.7 Å². The maximum atomic E-state index is 11.3. The average molecular weight is 457 g/mol. The van der Waals surface area contributed by atoms with E-state index in [4.69, 9.17) is 16.3 Å². The summed E-state index contributed by atoms with van der Waals surface area (Å²) in [4.78, 5) is 19.4. The van der Waals surface area contributed by atoms with Crippen LogP contribution in [-0.4, -0.2) is 35.8 Å². The summed E-state index contributed by atoms with van der Waals surface area (Å²) in [5.74, 6) is -0.470. The van der Waals surface area contributed by atoms with Crippen molar-refractivity contribution < 1.29 is 14.6 Å². The highest BCUT2D eigenvalue weighted by molar-refractivity contribution is 7.15. The maximum Gasteiger partial charge on any atom is 0.335 e. The van der Waals surface area contributed by atoms with E-state index in [0.717, 1.165) is 57.8 Å². The molecule has 0 radical (unpaired) electrons. The lowest BCUT2D eigenvalue weighted by Crippen LogP contribution is -2.37. The number of aryl methyl sites for hydroxylation is 1. The van der Waals surface area contributed by atoms with Gasteiger partial charge in [-0.05, 0) is 56.0 Å². The smallest absolute Gasteiger partial charge is 0.335 e. The van der Waals surface area contributed by atoms with Crippen LogP contribution in [0.25, 0.3) is 10.6 Å². The molecule has 1 saturated heterocycles. The minimum atomic E-state index is -0.892. The Bertz CT molecular complexity index is 1050. The van der Waals surface area contributed by atoms with E-state index in [9.17, 15) is 9.90 Å². The highest BCUT2D eigenvalue weighted by atomic mass is 35.5. The Balaban J connectivity index is 1.33. The number of carboxylic acid groups (broad SMARTS) is 1. The lowest BCUT2D eigenvalue weighted by molar-refractivity contribution is 0.0696. The molecular weight excluding hydrogens is 432 g/mol. The number of piperidine rings is 1. The molecule has 1 unspecified atom stereocenters. The molecule has 0 amide bonds. The molecule has 1 aromatic heterocycles. The minimum Gasteiger partial charge on any atom is -0.478 e. The third-order valence-corrected chi connectivity index (χ3v) is 6.98. The van der Waals surface area contributed by atoms with Gasteiger partial charge in [-0.1, -0.05) is 29.8 Å². The van der Waals surface area contributed by atoms with E-state index in [1.165, 1.54) is 0 Å². The first kappa shape index (κ1) is 21.8. The van der Waals surface area contributed by atoms with Crippen LogP contribution >= 0.6 is 22.9 Å². The number of aromatic nitrogens is 1. The van der Waals surface area contributed by atoms with Crippen LogP contribution in [0.2, 0.25) is 5.02 Å². The predicted octanol–water partition coefficient (Wildman–Crippen LogP) is 5.90. The second-order valence-electron chi connectivity index (χ2n) is 7.86. The summed E-state index contributed by atoms with van der Waals surface area (Å²) in [6.07, 6.45) is 2.19. The van der Waals surface area contributed by atoms with Gasteiger partial charge < -0.3 is 14.7 Å². The number of nitrogens with zero attached hydrogens (tertiary/aromatic N) is 2. The molecule has 0 saturated carbocycles. The predicted molar refractivity (Wildman–Crippen MR) is 125 cm³/mol. The molecule has 0 aliphatic carbocycles. The summed E-state index contributed by atoms with van der Waals surface area (Å²) in [7, 11) is 0. The van der Waals surface area contributed by atoms with Crippen LogP contribution in [0.1, 0.15) is 33.8 Å². The zero-order valence-electron chi connectivity index (χ0n) is 17.4. The molecule has 31 heavy (non-hydrogen) atoms. The monoisotopic (exact) mass is 456 g/mol. The van der Waals surface area contributed by atoms with Crippen molar-refractivity contribution in [2.45, 2.75) is 26.4 Å². The lowest BCUT2D eigenvalue weighted by atomic mass is 9.98. The van der Waals surface area contributed by atoms with Gasteiger partial charge in [0.2, 0.25) is 0 Å². The fourth-order valence-electron chi connectivity index (χ4n) is 3.87. The number of rotatable bonds is 7. The molecule has 0 spiro atoms. The van der Waals surface area contributed by atoms with Gasteiger partial charge in [0, 0.05) is 29.4 Å². The van der Waals surface area contributed by atoms with Gasteiger partial charge in [-0.3, -0.25) is 0 Å². The van der Waals surface area contributed by atoms with Gasteiger partial charge in [0.15, 0.2) is 0 Å². The quantitative estimate of drug-likeness (QED) is 0.479. The fourth-order valence-corrected chi connectivity index (χ4v) is 5.00. The molecule has 7 heteroatoms. The fraction of sp³-hybridized carbons (Fsp3) is 0.333. The Morgan fingerprint density at radius 3 is 2.87 bits per heavy atom. The molecule has 2 heterocycles. The third kappa shape index (κ3) is 5.45. The van der Waals surface area contributed by atoms with Gasteiger partial charge in [0.1, 0.15) is 5.01 Å². The molecule has 2 aromatic carbocycles.